The van der Waals surface area contributed by atoms with Gasteiger partial charge in [0.1, 0.15) is 0 Å². The summed E-state index contributed by atoms with van der Waals surface area (Å²) in [7, 11) is 0. The third kappa shape index (κ3) is 15.3. The maximum Gasteiger partial charge on any atom is 1.00 e. The summed E-state index contributed by atoms with van der Waals surface area (Å²) in [6, 6.07) is 0. The van der Waals surface area contributed by atoms with E-state index in [1.165, 1.54) is 64.2 Å². The Morgan fingerprint density at radius 3 is 1.47 bits per heavy atom. The molecule has 0 fully saturated rings. The Morgan fingerprint density at radius 2 is 1.16 bits per heavy atom. The summed E-state index contributed by atoms with van der Waals surface area (Å²) in [5.41, 5.74) is 0. The molecular formula is C15H30NNaS2. The van der Waals surface area contributed by atoms with Gasteiger partial charge in [0.05, 0.1) is 0 Å². The first-order valence-electron chi connectivity index (χ1n) is 7.68. The van der Waals surface area contributed by atoms with Gasteiger partial charge in [-0.25, -0.2) is 0 Å². The smallest absolute Gasteiger partial charge is 0.411 e. The van der Waals surface area contributed by atoms with Gasteiger partial charge in [-0.15, -0.1) is 0 Å². The molecule has 0 aliphatic heterocycles. The molecule has 4 heteroatoms. The van der Waals surface area contributed by atoms with Crippen LogP contribution < -0.4 is 29.6 Å². The van der Waals surface area contributed by atoms with Crippen LogP contribution in [0.1, 0.15) is 78.1 Å². The van der Waals surface area contributed by atoms with Crippen LogP contribution in [0.3, 0.4) is 0 Å². The van der Waals surface area contributed by atoms with Crippen molar-refractivity contribution in [2.75, 3.05) is 13.1 Å². The van der Waals surface area contributed by atoms with Crippen LogP contribution >= 0.6 is 12.2 Å². The van der Waals surface area contributed by atoms with Gasteiger partial charge in [0.25, 0.3) is 0 Å². The topological polar surface area (TPSA) is 3.24 Å². The van der Waals surface area contributed by atoms with E-state index in [0.717, 1.165) is 13.1 Å². The second kappa shape index (κ2) is 17.2. The van der Waals surface area contributed by atoms with Crippen LogP contribution in [0.2, 0.25) is 0 Å². The molecule has 0 aliphatic rings. The molecule has 1 nitrogen and oxygen atoms in total. The van der Waals surface area contributed by atoms with Crippen molar-refractivity contribution in [2.45, 2.75) is 78.1 Å². The Hall–Kier alpha value is 1.11. The zero-order valence-corrected chi connectivity index (χ0v) is 16.9. The number of hydrogen-bond acceptors (Lipinski definition) is 2. The summed E-state index contributed by atoms with van der Waals surface area (Å²) in [4.78, 5) is 2.22. The minimum Gasteiger partial charge on any atom is -0.411 e. The monoisotopic (exact) mass is 311 g/mol. The molecule has 19 heavy (non-hydrogen) atoms. The van der Waals surface area contributed by atoms with Crippen molar-refractivity contribution in [1.29, 1.82) is 0 Å². The molecule has 108 valence electrons. The van der Waals surface area contributed by atoms with Crippen LogP contribution in [0.4, 0.5) is 0 Å². The van der Waals surface area contributed by atoms with Crippen LogP contribution in [0.25, 0.3) is 0 Å². The molecule has 0 aromatic carbocycles. The van der Waals surface area contributed by atoms with Gasteiger partial charge in [-0.3, -0.25) is 0 Å². The van der Waals surface area contributed by atoms with Crippen LogP contribution in [-0.2, 0) is 12.6 Å². The summed E-state index contributed by atoms with van der Waals surface area (Å²) in [5, 5.41) is 0. The maximum atomic E-state index is 5.16. The quantitative estimate of drug-likeness (QED) is 0.235. The molecular weight excluding hydrogens is 281 g/mol. The average molecular weight is 312 g/mol. The SMILES string of the molecule is CCCCCCCN(CCCCCCC)C(=S)[S-].[Na+]. The molecule has 0 unspecified atom stereocenters. The van der Waals surface area contributed by atoms with Gasteiger partial charge in [-0.05, 0) is 12.8 Å². The fourth-order valence-electron chi connectivity index (χ4n) is 2.11. The molecule has 0 radical (unpaired) electrons. The molecule has 0 rings (SSSR count). The van der Waals surface area contributed by atoms with E-state index in [2.05, 4.69) is 18.7 Å². The summed E-state index contributed by atoms with van der Waals surface area (Å²) >= 11 is 10.3. The summed E-state index contributed by atoms with van der Waals surface area (Å²) in [5.74, 6) is 0. The van der Waals surface area contributed by atoms with Crippen molar-refractivity contribution in [3.05, 3.63) is 0 Å². The maximum absolute atomic E-state index is 5.16. The second-order valence-electron chi connectivity index (χ2n) is 5.08. The first-order chi connectivity index (χ1) is 8.72. The minimum absolute atomic E-state index is 0. The predicted octanol–water partition coefficient (Wildman–Crippen LogP) is 2.07. The largest absolute Gasteiger partial charge is 1.00 e. The van der Waals surface area contributed by atoms with E-state index in [4.69, 9.17) is 24.8 Å². The van der Waals surface area contributed by atoms with Crippen molar-refractivity contribution < 1.29 is 29.6 Å². The molecule has 0 bridgehead atoms. The first kappa shape index (κ1) is 22.4. The normalized spacial score (nSPS) is 10.0. The number of thiocarbonyl (C=S) groups is 1. The van der Waals surface area contributed by atoms with E-state index >= 15 is 0 Å². The third-order valence-corrected chi connectivity index (χ3v) is 3.84. The average Bonchev–Trinajstić information content (AvgIpc) is 2.35. The Labute approximate surface area is 154 Å². The second-order valence-corrected chi connectivity index (χ2v) is 6.11. The van der Waals surface area contributed by atoms with Gasteiger partial charge in [0.15, 0.2) is 0 Å². The first-order valence-corrected chi connectivity index (χ1v) is 8.50. The van der Waals surface area contributed by atoms with E-state index in [1.807, 2.05) is 0 Å². The van der Waals surface area contributed by atoms with Crippen LogP contribution in [-0.4, -0.2) is 22.3 Å². The van der Waals surface area contributed by atoms with Gasteiger partial charge in [0, 0.05) is 13.1 Å². The summed E-state index contributed by atoms with van der Waals surface area (Å²) in [6.45, 7) is 6.64. The zero-order valence-electron chi connectivity index (χ0n) is 13.2. The zero-order chi connectivity index (χ0) is 13.6. The Morgan fingerprint density at radius 1 is 0.789 bits per heavy atom. The molecule has 0 heterocycles. The third-order valence-electron chi connectivity index (χ3n) is 3.32. The van der Waals surface area contributed by atoms with Gasteiger partial charge < -0.3 is 29.7 Å². The van der Waals surface area contributed by atoms with Crippen molar-refractivity contribution in [2.24, 2.45) is 0 Å². The van der Waals surface area contributed by atoms with Gasteiger partial charge in [-0.1, -0.05) is 69.5 Å². The van der Waals surface area contributed by atoms with Crippen LogP contribution in [0.15, 0.2) is 0 Å². The predicted molar refractivity (Wildman–Crippen MR) is 89.1 cm³/mol. The van der Waals surface area contributed by atoms with Crippen molar-refractivity contribution >= 4 is 29.2 Å². The number of nitrogens with zero attached hydrogens (tertiary/aromatic N) is 1. The standard InChI is InChI=1S/C15H31NS2.Na/c1-3-5-7-9-11-13-16(15(17)18)14-12-10-8-6-4-2;/h3-14H2,1-2H3,(H,17,18);/q;+1/p-1. The van der Waals surface area contributed by atoms with Gasteiger partial charge in [-0.2, -0.15) is 0 Å². The van der Waals surface area contributed by atoms with E-state index in [-0.39, 0.29) is 29.6 Å². The number of rotatable bonds is 12. The van der Waals surface area contributed by atoms with Gasteiger partial charge in [0.2, 0.25) is 0 Å². The number of hydrogen-bond donors (Lipinski definition) is 0. The molecule has 0 atom stereocenters. The molecule has 0 saturated carbocycles. The Kier molecular flexibility index (Phi) is 20.2. The Balaban J connectivity index is 0. The van der Waals surface area contributed by atoms with Gasteiger partial charge >= 0.3 is 29.6 Å². The van der Waals surface area contributed by atoms with E-state index in [9.17, 15) is 0 Å². The molecule has 0 spiro atoms. The van der Waals surface area contributed by atoms with Crippen LogP contribution in [0.5, 0.6) is 0 Å². The van der Waals surface area contributed by atoms with Crippen molar-refractivity contribution in [3.8, 4) is 0 Å². The van der Waals surface area contributed by atoms with E-state index < -0.39 is 0 Å². The molecule has 0 aliphatic carbocycles. The summed E-state index contributed by atoms with van der Waals surface area (Å²) < 4.78 is 0.668. The molecule has 0 N–H and O–H groups in total. The Bertz CT molecular complexity index is 187. The van der Waals surface area contributed by atoms with Crippen molar-refractivity contribution in [1.82, 2.24) is 4.90 Å². The molecule has 0 aromatic heterocycles. The molecule has 0 aromatic rings. The minimum atomic E-state index is 0. The number of unbranched alkanes of at least 4 members (excludes halogenated alkanes) is 8. The van der Waals surface area contributed by atoms with E-state index in [1.54, 1.807) is 0 Å². The summed E-state index contributed by atoms with van der Waals surface area (Å²) in [6.07, 6.45) is 13.1. The van der Waals surface area contributed by atoms with Crippen LogP contribution in [0, 0.1) is 0 Å². The fourth-order valence-corrected chi connectivity index (χ4v) is 2.47. The van der Waals surface area contributed by atoms with Crippen molar-refractivity contribution in [3.63, 3.8) is 0 Å². The molecule has 0 amide bonds. The fraction of sp³-hybridized carbons (Fsp3) is 0.933. The molecule has 0 saturated heterocycles. The van der Waals surface area contributed by atoms with E-state index in [0.29, 0.717) is 4.32 Å².